The Hall–Kier alpha value is -2.01. The summed E-state index contributed by atoms with van der Waals surface area (Å²) in [5.74, 6) is -0.199. The fourth-order valence-electron chi connectivity index (χ4n) is 1.92. The predicted molar refractivity (Wildman–Crippen MR) is 75.0 cm³/mol. The van der Waals surface area contributed by atoms with Crippen LogP contribution in [0.2, 0.25) is 0 Å². The third-order valence-corrected chi connectivity index (χ3v) is 2.92. The van der Waals surface area contributed by atoms with E-state index in [1.165, 1.54) is 17.7 Å². The molecular weight excluding hydrogens is 279 g/mol. The zero-order valence-corrected chi connectivity index (χ0v) is 11.4. The van der Waals surface area contributed by atoms with Gasteiger partial charge in [0.05, 0.1) is 0 Å². The molecule has 0 bridgehead atoms. The Kier molecular flexibility index (Phi) is 5.22. The average molecular weight is 295 g/mol. The maximum absolute atomic E-state index is 12.0. The van der Waals surface area contributed by atoms with Crippen molar-refractivity contribution in [2.24, 2.45) is 0 Å². The van der Waals surface area contributed by atoms with E-state index in [0.29, 0.717) is 6.54 Å². The molecule has 0 saturated heterocycles. The summed E-state index contributed by atoms with van der Waals surface area (Å²) in [5, 5.41) is 3.25. The highest BCUT2D eigenvalue weighted by atomic mass is 19.4. The van der Waals surface area contributed by atoms with E-state index in [9.17, 15) is 13.2 Å². The van der Waals surface area contributed by atoms with Crippen LogP contribution < -0.4 is 10.1 Å². The lowest BCUT2D eigenvalue weighted by molar-refractivity contribution is -0.274. The van der Waals surface area contributed by atoms with Crippen LogP contribution in [0.4, 0.5) is 13.2 Å². The highest BCUT2D eigenvalue weighted by molar-refractivity contribution is 5.27. The molecule has 0 spiro atoms. The number of nitrogens with one attached hydrogen (secondary N) is 1. The van der Waals surface area contributed by atoms with Crippen LogP contribution in [-0.2, 0) is 13.0 Å². The fraction of sp³-hybridized carbons (Fsp3) is 0.250. The van der Waals surface area contributed by atoms with Crippen LogP contribution >= 0.6 is 0 Å². The van der Waals surface area contributed by atoms with Crippen molar-refractivity contribution in [1.29, 1.82) is 0 Å². The molecule has 0 aliphatic carbocycles. The van der Waals surface area contributed by atoms with E-state index in [2.05, 4.69) is 22.2 Å². The zero-order valence-electron chi connectivity index (χ0n) is 11.4. The van der Waals surface area contributed by atoms with Crippen molar-refractivity contribution in [2.45, 2.75) is 19.3 Å². The van der Waals surface area contributed by atoms with Gasteiger partial charge in [0.1, 0.15) is 5.75 Å². The van der Waals surface area contributed by atoms with E-state index in [1.54, 1.807) is 12.1 Å². The smallest absolute Gasteiger partial charge is 0.406 e. The number of benzene rings is 2. The lowest BCUT2D eigenvalue weighted by Gasteiger charge is -2.09. The first kappa shape index (κ1) is 15.4. The molecule has 0 atom stereocenters. The average Bonchev–Trinajstić information content (AvgIpc) is 2.45. The van der Waals surface area contributed by atoms with E-state index in [4.69, 9.17) is 0 Å². The van der Waals surface area contributed by atoms with E-state index in [-0.39, 0.29) is 5.75 Å². The standard InChI is InChI=1S/C16H16F3NO/c17-16(18,19)21-15-8-6-14(7-9-15)12-20-11-10-13-4-2-1-3-5-13/h1-9,20H,10-12H2. The maximum Gasteiger partial charge on any atom is 0.573 e. The van der Waals surface area contributed by atoms with Gasteiger partial charge in [-0.3, -0.25) is 0 Å². The zero-order chi connectivity index (χ0) is 15.1. The van der Waals surface area contributed by atoms with Gasteiger partial charge in [0.15, 0.2) is 0 Å². The number of alkyl halides is 3. The van der Waals surface area contributed by atoms with E-state index >= 15 is 0 Å². The van der Waals surface area contributed by atoms with Crippen molar-refractivity contribution in [3.63, 3.8) is 0 Å². The second-order valence-corrected chi connectivity index (χ2v) is 4.60. The summed E-state index contributed by atoms with van der Waals surface area (Å²) in [6.45, 7) is 1.42. The van der Waals surface area contributed by atoms with Gasteiger partial charge in [-0.2, -0.15) is 0 Å². The normalized spacial score (nSPS) is 11.4. The van der Waals surface area contributed by atoms with E-state index in [1.807, 2.05) is 18.2 Å². The summed E-state index contributed by atoms with van der Waals surface area (Å²) in [5.41, 5.74) is 2.16. The van der Waals surface area contributed by atoms with Crippen LogP contribution in [0.1, 0.15) is 11.1 Å². The summed E-state index contributed by atoms with van der Waals surface area (Å²) in [6.07, 6.45) is -3.73. The molecular formula is C16H16F3NO. The second-order valence-electron chi connectivity index (χ2n) is 4.60. The number of halogens is 3. The summed E-state index contributed by atoms with van der Waals surface area (Å²) in [7, 11) is 0. The van der Waals surface area contributed by atoms with Crippen LogP contribution in [0.3, 0.4) is 0 Å². The molecule has 0 saturated carbocycles. The molecule has 2 nitrogen and oxygen atoms in total. The third kappa shape index (κ3) is 5.87. The number of ether oxygens (including phenoxy) is 1. The van der Waals surface area contributed by atoms with Gasteiger partial charge in [-0.1, -0.05) is 42.5 Å². The molecule has 1 N–H and O–H groups in total. The first-order valence-corrected chi connectivity index (χ1v) is 6.62. The number of rotatable bonds is 6. The van der Waals surface area contributed by atoms with E-state index in [0.717, 1.165) is 18.5 Å². The van der Waals surface area contributed by atoms with Gasteiger partial charge < -0.3 is 10.1 Å². The Labute approximate surface area is 121 Å². The quantitative estimate of drug-likeness (QED) is 0.816. The molecule has 0 fully saturated rings. The van der Waals surface area contributed by atoms with Crippen molar-refractivity contribution >= 4 is 0 Å². The van der Waals surface area contributed by atoms with Crippen molar-refractivity contribution in [2.75, 3.05) is 6.54 Å². The first-order valence-electron chi connectivity index (χ1n) is 6.62. The topological polar surface area (TPSA) is 21.3 Å². The molecule has 0 radical (unpaired) electrons. The largest absolute Gasteiger partial charge is 0.573 e. The van der Waals surface area contributed by atoms with Crippen molar-refractivity contribution < 1.29 is 17.9 Å². The molecule has 2 rings (SSSR count). The summed E-state index contributed by atoms with van der Waals surface area (Å²) < 4.78 is 39.9. The van der Waals surface area contributed by atoms with Crippen LogP contribution in [-0.4, -0.2) is 12.9 Å². The molecule has 0 aromatic heterocycles. The second kappa shape index (κ2) is 7.13. The minimum absolute atomic E-state index is 0.199. The molecule has 112 valence electrons. The predicted octanol–water partition coefficient (Wildman–Crippen LogP) is 3.92. The SMILES string of the molecule is FC(F)(F)Oc1ccc(CNCCc2ccccc2)cc1. The minimum atomic E-state index is -4.64. The van der Waals surface area contributed by atoms with Gasteiger partial charge in [-0.15, -0.1) is 13.2 Å². The molecule has 2 aromatic rings. The highest BCUT2D eigenvalue weighted by Gasteiger charge is 2.30. The van der Waals surface area contributed by atoms with Crippen molar-refractivity contribution in [1.82, 2.24) is 5.32 Å². The summed E-state index contributed by atoms with van der Waals surface area (Å²) in [6, 6.07) is 16.0. The Balaban J connectivity index is 1.74. The molecule has 0 aliphatic rings. The molecule has 21 heavy (non-hydrogen) atoms. The minimum Gasteiger partial charge on any atom is -0.406 e. The van der Waals surface area contributed by atoms with Crippen LogP contribution in [0.25, 0.3) is 0 Å². The lowest BCUT2D eigenvalue weighted by atomic mass is 10.1. The van der Waals surface area contributed by atoms with Gasteiger partial charge in [0.25, 0.3) is 0 Å². The number of hydrogen-bond acceptors (Lipinski definition) is 2. The van der Waals surface area contributed by atoms with Crippen LogP contribution in [0.15, 0.2) is 54.6 Å². The highest BCUT2D eigenvalue weighted by Crippen LogP contribution is 2.22. The van der Waals surface area contributed by atoms with Crippen molar-refractivity contribution in [3.8, 4) is 5.75 Å². The fourth-order valence-corrected chi connectivity index (χ4v) is 1.92. The maximum atomic E-state index is 12.0. The molecule has 0 amide bonds. The van der Waals surface area contributed by atoms with E-state index < -0.39 is 6.36 Å². The van der Waals surface area contributed by atoms with Crippen molar-refractivity contribution in [3.05, 3.63) is 65.7 Å². The van der Waals surface area contributed by atoms with Gasteiger partial charge in [-0.25, -0.2) is 0 Å². The van der Waals surface area contributed by atoms with Gasteiger partial charge >= 0.3 is 6.36 Å². The third-order valence-electron chi connectivity index (χ3n) is 2.92. The molecule has 2 aromatic carbocycles. The van der Waals surface area contributed by atoms with Crippen LogP contribution in [0, 0.1) is 0 Å². The Bertz CT molecular complexity index is 538. The molecule has 5 heteroatoms. The van der Waals surface area contributed by atoms with Gasteiger partial charge in [0.2, 0.25) is 0 Å². The lowest BCUT2D eigenvalue weighted by Crippen LogP contribution is -2.18. The molecule has 0 heterocycles. The van der Waals surface area contributed by atoms with Gasteiger partial charge in [0, 0.05) is 6.54 Å². The number of hydrogen-bond donors (Lipinski definition) is 1. The Morgan fingerprint density at radius 2 is 1.52 bits per heavy atom. The molecule has 0 aliphatic heterocycles. The molecule has 0 unspecified atom stereocenters. The Morgan fingerprint density at radius 3 is 2.14 bits per heavy atom. The summed E-state index contributed by atoms with van der Waals surface area (Å²) >= 11 is 0. The van der Waals surface area contributed by atoms with Gasteiger partial charge in [-0.05, 0) is 36.2 Å². The Morgan fingerprint density at radius 1 is 0.857 bits per heavy atom. The first-order chi connectivity index (χ1) is 10.0. The summed E-state index contributed by atoms with van der Waals surface area (Å²) in [4.78, 5) is 0. The monoisotopic (exact) mass is 295 g/mol. The van der Waals surface area contributed by atoms with Crippen LogP contribution in [0.5, 0.6) is 5.75 Å².